The number of amides is 1. The highest BCUT2D eigenvalue weighted by Gasteiger charge is 2.62. The molecule has 5 rings (SSSR count). The van der Waals surface area contributed by atoms with Crippen molar-refractivity contribution in [2.24, 2.45) is 0 Å². The zero-order chi connectivity index (χ0) is 27.9. The number of nitrogens with one attached hydrogen (secondary N) is 1. The third-order valence-electron chi connectivity index (χ3n) is 6.89. The van der Waals surface area contributed by atoms with Gasteiger partial charge < -0.3 is 30.1 Å². The number of aromatic nitrogens is 3. The molecule has 10 nitrogen and oxygen atoms in total. The predicted molar refractivity (Wildman–Crippen MR) is 129 cm³/mol. The number of hydrogen-bond donors (Lipinski definition) is 4. The molecule has 1 amide bonds. The van der Waals surface area contributed by atoms with Crippen LogP contribution in [0.2, 0.25) is 5.02 Å². The van der Waals surface area contributed by atoms with Crippen molar-refractivity contribution in [3.8, 4) is 11.3 Å². The fourth-order valence-electron chi connectivity index (χ4n) is 5.02. The number of carbonyl (C=O) groups is 1. The lowest BCUT2D eigenvalue weighted by molar-refractivity contribution is -0.345. The smallest absolute Gasteiger partial charge is 0.224 e. The number of aliphatic hydroxyl groups is 3. The molecule has 14 heteroatoms. The molecule has 4 N–H and O–H groups in total. The lowest BCUT2D eigenvalue weighted by Crippen LogP contribution is -2.69. The first-order valence-electron chi connectivity index (χ1n) is 12.0. The molecule has 1 aromatic heterocycles. The Morgan fingerprint density at radius 3 is 2.64 bits per heavy atom. The maximum Gasteiger partial charge on any atom is 0.224 e. The molecule has 39 heavy (non-hydrogen) atoms. The van der Waals surface area contributed by atoms with Crippen molar-refractivity contribution in [1.29, 1.82) is 0 Å². The van der Waals surface area contributed by atoms with E-state index in [1.165, 1.54) is 6.20 Å². The second-order valence-corrected chi connectivity index (χ2v) is 9.82. The van der Waals surface area contributed by atoms with E-state index in [0.29, 0.717) is 10.6 Å². The highest BCUT2D eigenvalue weighted by atomic mass is 35.5. The van der Waals surface area contributed by atoms with E-state index in [-0.39, 0.29) is 30.7 Å². The van der Waals surface area contributed by atoms with E-state index >= 15 is 0 Å². The van der Waals surface area contributed by atoms with Crippen molar-refractivity contribution < 1.29 is 42.8 Å². The third-order valence-corrected chi connectivity index (χ3v) is 7.12. The first-order chi connectivity index (χ1) is 18.6. The Morgan fingerprint density at radius 2 is 1.95 bits per heavy atom. The second kappa shape index (κ2) is 10.8. The van der Waals surface area contributed by atoms with Gasteiger partial charge in [-0.3, -0.25) is 4.79 Å². The van der Waals surface area contributed by atoms with Crippen LogP contribution in [0.5, 0.6) is 0 Å². The molecule has 0 unspecified atom stereocenters. The van der Waals surface area contributed by atoms with Gasteiger partial charge in [-0.1, -0.05) is 28.9 Å². The second-order valence-electron chi connectivity index (χ2n) is 9.39. The summed E-state index contributed by atoms with van der Waals surface area (Å²) >= 11 is 6.00. The molecule has 208 valence electrons. The molecule has 2 aromatic carbocycles. The van der Waals surface area contributed by atoms with Gasteiger partial charge in [0.2, 0.25) is 11.7 Å². The number of rotatable bonds is 6. The Balaban J connectivity index is 1.42. The van der Waals surface area contributed by atoms with Gasteiger partial charge in [0.1, 0.15) is 30.0 Å². The minimum Gasteiger partial charge on any atom is -0.394 e. The topological polar surface area (TPSA) is 139 Å². The largest absolute Gasteiger partial charge is 0.394 e. The highest BCUT2D eigenvalue weighted by Crippen LogP contribution is 2.43. The van der Waals surface area contributed by atoms with Crippen LogP contribution in [0.25, 0.3) is 11.3 Å². The highest BCUT2D eigenvalue weighted by molar-refractivity contribution is 6.30. The van der Waals surface area contributed by atoms with Crippen LogP contribution < -0.4 is 5.32 Å². The molecule has 2 fully saturated rings. The molecule has 2 aliphatic heterocycles. The van der Waals surface area contributed by atoms with Crippen molar-refractivity contribution >= 4 is 17.5 Å². The molecule has 1 spiro atoms. The minimum absolute atomic E-state index is 0.0179. The fraction of sp³-hybridized carbons (Fsp3) is 0.400. The molecule has 3 heterocycles. The van der Waals surface area contributed by atoms with E-state index in [9.17, 15) is 33.3 Å². The molecule has 0 bridgehead atoms. The fourth-order valence-corrected chi connectivity index (χ4v) is 5.23. The lowest BCUT2D eigenvalue weighted by Gasteiger charge is -2.49. The standard InChI is InChI=1S/C25H24ClF3N4O6/c26-14-3-1-2-12(6-14)7-20(35)30-19-4-5-38-25(19)24(37)22(23(36)18(11-34)39-25)33-10-17(31-32-33)13-8-15(27)21(29)16(28)9-13/h1-3,6,8-10,18-19,22-24,34,36-37H,4-5,7,11H2,(H,30,35)/t18-,19-,22+,23+,24-,25+/m1/s1. The van der Waals surface area contributed by atoms with Crippen LogP contribution >= 0.6 is 11.6 Å². The summed E-state index contributed by atoms with van der Waals surface area (Å²) in [5, 5.41) is 43.3. The SMILES string of the molecule is O=C(Cc1cccc(Cl)c1)N[C@@H]1CCO[C@]12O[C@H](CO)[C@H](O)[C@H](n1cc(-c3cc(F)c(F)c(F)c3)nn1)[C@H]2O. The monoisotopic (exact) mass is 568 g/mol. The van der Waals surface area contributed by atoms with Crippen LogP contribution in [0.3, 0.4) is 0 Å². The van der Waals surface area contributed by atoms with E-state index in [1.54, 1.807) is 24.3 Å². The summed E-state index contributed by atoms with van der Waals surface area (Å²) in [5.41, 5.74) is 0.445. The number of ether oxygens (including phenoxy) is 2. The normalized spacial score (nSPS) is 28.6. The Bertz CT molecular complexity index is 1360. The van der Waals surface area contributed by atoms with Crippen LogP contribution in [-0.4, -0.2) is 79.6 Å². The van der Waals surface area contributed by atoms with E-state index in [4.69, 9.17) is 21.1 Å². The average molecular weight is 569 g/mol. The Kier molecular flexibility index (Phi) is 7.64. The quantitative estimate of drug-likeness (QED) is 0.328. The summed E-state index contributed by atoms with van der Waals surface area (Å²) in [6.45, 7) is -0.592. The predicted octanol–water partition coefficient (Wildman–Crippen LogP) is 1.51. The van der Waals surface area contributed by atoms with Gasteiger partial charge in [-0.2, -0.15) is 0 Å². The summed E-state index contributed by atoms with van der Waals surface area (Å²) in [5.74, 6) is -6.78. The van der Waals surface area contributed by atoms with Crippen LogP contribution in [0.1, 0.15) is 18.0 Å². The molecule has 2 aliphatic rings. The lowest BCUT2D eigenvalue weighted by atomic mass is 9.86. The average Bonchev–Trinajstić information content (AvgIpc) is 3.53. The molecule has 3 aromatic rings. The van der Waals surface area contributed by atoms with Crippen LogP contribution in [0.15, 0.2) is 42.6 Å². The maximum absolute atomic E-state index is 13.8. The zero-order valence-corrected chi connectivity index (χ0v) is 20.9. The summed E-state index contributed by atoms with van der Waals surface area (Å²) in [4.78, 5) is 12.9. The molecular weight excluding hydrogens is 545 g/mol. The Hall–Kier alpha value is -3.07. The van der Waals surface area contributed by atoms with Gasteiger partial charge in [0.15, 0.2) is 17.5 Å². The third kappa shape index (κ3) is 5.13. The Labute approximate surface area is 224 Å². The van der Waals surface area contributed by atoms with Gasteiger partial charge >= 0.3 is 0 Å². The number of hydrogen-bond acceptors (Lipinski definition) is 8. The van der Waals surface area contributed by atoms with Crippen LogP contribution in [-0.2, 0) is 20.7 Å². The van der Waals surface area contributed by atoms with Gasteiger partial charge in [-0.25, -0.2) is 17.9 Å². The van der Waals surface area contributed by atoms with E-state index in [2.05, 4.69) is 15.6 Å². The van der Waals surface area contributed by atoms with Gasteiger partial charge in [0.05, 0.1) is 31.9 Å². The molecule has 6 atom stereocenters. The van der Waals surface area contributed by atoms with Crippen LogP contribution in [0, 0.1) is 17.5 Å². The molecular formula is C25H24ClF3N4O6. The van der Waals surface area contributed by atoms with Gasteiger partial charge in [-0.15, -0.1) is 5.10 Å². The van der Waals surface area contributed by atoms with Gasteiger partial charge in [-0.05, 0) is 36.2 Å². The number of benzene rings is 2. The molecule has 0 saturated carbocycles. The maximum atomic E-state index is 13.8. The van der Waals surface area contributed by atoms with Crippen molar-refractivity contribution in [3.63, 3.8) is 0 Å². The first kappa shape index (κ1) is 27.5. The first-order valence-corrected chi connectivity index (χ1v) is 12.4. The summed E-state index contributed by atoms with van der Waals surface area (Å²) in [6, 6.07) is 6.01. The van der Waals surface area contributed by atoms with Crippen molar-refractivity contribution in [2.45, 2.75) is 49.0 Å². The van der Waals surface area contributed by atoms with Crippen molar-refractivity contribution in [3.05, 3.63) is 70.6 Å². The molecule has 2 saturated heterocycles. The summed E-state index contributed by atoms with van der Waals surface area (Å²) < 4.78 is 53.6. The number of carbonyl (C=O) groups excluding carboxylic acids is 1. The van der Waals surface area contributed by atoms with Gasteiger partial charge in [0.25, 0.3) is 0 Å². The number of halogens is 4. The van der Waals surface area contributed by atoms with Crippen molar-refractivity contribution in [1.82, 2.24) is 20.3 Å². The van der Waals surface area contributed by atoms with E-state index in [1.807, 2.05) is 0 Å². The number of nitrogens with zero attached hydrogens (tertiary/aromatic N) is 3. The summed E-state index contributed by atoms with van der Waals surface area (Å²) in [7, 11) is 0. The number of aliphatic hydroxyl groups excluding tert-OH is 3. The van der Waals surface area contributed by atoms with Crippen LogP contribution in [0.4, 0.5) is 13.2 Å². The summed E-state index contributed by atoms with van der Waals surface area (Å²) in [6.07, 6.45) is -3.02. The van der Waals surface area contributed by atoms with Crippen molar-refractivity contribution in [2.75, 3.05) is 13.2 Å². The minimum atomic E-state index is -1.87. The van der Waals surface area contributed by atoms with Gasteiger partial charge in [0, 0.05) is 10.6 Å². The molecule has 0 aliphatic carbocycles. The van der Waals surface area contributed by atoms with E-state index in [0.717, 1.165) is 16.8 Å². The Morgan fingerprint density at radius 1 is 1.21 bits per heavy atom. The zero-order valence-electron chi connectivity index (χ0n) is 20.2. The van der Waals surface area contributed by atoms with E-state index < -0.39 is 66.1 Å². The molecule has 0 radical (unpaired) electrons.